The predicted octanol–water partition coefficient (Wildman–Crippen LogP) is 2.71. The van der Waals surface area contributed by atoms with Crippen molar-refractivity contribution in [3.63, 3.8) is 0 Å². The highest BCUT2D eigenvalue weighted by Gasteiger charge is 2.17. The maximum absolute atomic E-state index is 6.09. The summed E-state index contributed by atoms with van der Waals surface area (Å²) in [5.74, 6) is 1.29. The fourth-order valence-corrected chi connectivity index (χ4v) is 2.58. The van der Waals surface area contributed by atoms with Gasteiger partial charge in [-0.25, -0.2) is 9.97 Å². The van der Waals surface area contributed by atoms with E-state index in [1.54, 1.807) is 6.20 Å². The van der Waals surface area contributed by atoms with E-state index in [9.17, 15) is 0 Å². The zero-order valence-electron chi connectivity index (χ0n) is 12.7. The predicted molar refractivity (Wildman–Crippen MR) is 87.2 cm³/mol. The lowest BCUT2D eigenvalue weighted by atomic mass is 10.2. The lowest BCUT2D eigenvalue weighted by molar-refractivity contribution is 0.126. The molecule has 0 bridgehead atoms. The molecule has 0 spiro atoms. The molecular formula is C16H20N5O. The normalized spacial score (nSPS) is 11.5. The minimum Gasteiger partial charge on any atom is -0.382 e. The van der Waals surface area contributed by atoms with Gasteiger partial charge >= 0.3 is 0 Å². The summed E-state index contributed by atoms with van der Waals surface area (Å²) >= 11 is 0. The van der Waals surface area contributed by atoms with Gasteiger partial charge in [0.05, 0.1) is 5.52 Å². The maximum atomic E-state index is 6.09. The molecule has 6 nitrogen and oxygen atoms in total. The molecule has 3 aromatic rings. The molecule has 0 aliphatic carbocycles. The first-order valence-electron chi connectivity index (χ1n) is 7.52. The van der Waals surface area contributed by atoms with Crippen LogP contribution in [0.25, 0.3) is 22.1 Å². The number of rotatable bonds is 6. The quantitative estimate of drug-likeness (QED) is 0.757. The fraction of sp³-hybridized carbons (Fsp3) is 0.375. The van der Waals surface area contributed by atoms with Crippen LogP contribution >= 0.6 is 0 Å². The van der Waals surface area contributed by atoms with Crippen LogP contribution < -0.4 is 5.73 Å². The first-order chi connectivity index (χ1) is 10.8. The number of imidazole rings is 1. The highest BCUT2D eigenvalue weighted by molar-refractivity contribution is 6.04. The van der Waals surface area contributed by atoms with E-state index in [1.165, 1.54) is 0 Å². The molecule has 3 heterocycles. The van der Waals surface area contributed by atoms with E-state index in [2.05, 4.69) is 26.4 Å². The van der Waals surface area contributed by atoms with Gasteiger partial charge in [0.25, 0.3) is 0 Å². The summed E-state index contributed by atoms with van der Waals surface area (Å²) in [4.78, 5) is 13.5. The molecule has 0 aromatic carbocycles. The van der Waals surface area contributed by atoms with Gasteiger partial charge in [0, 0.05) is 19.3 Å². The van der Waals surface area contributed by atoms with Gasteiger partial charge in [-0.05, 0) is 25.5 Å². The number of anilines is 1. The van der Waals surface area contributed by atoms with Crippen molar-refractivity contribution in [3.8, 4) is 0 Å². The smallest absolute Gasteiger partial charge is 0.152 e. The Hall–Kier alpha value is -2.21. The molecule has 6 heteroatoms. The van der Waals surface area contributed by atoms with Crippen LogP contribution in [0.15, 0.2) is 18.3 Å². The van der Waals surface area contributed by atoms with Gasteiger partial charge in [-0.3, -0.25) is 4.98 Å². The van der Waals surface area contributed by atoms with E-state index >= 15 is 0 Å². The van der Waals surface area contributed by atoms with E-state index in [4.69, 9.17) is 10.5 Å². The Morgan fingerprint density at radius 1 is 1.32 bits per heavy atom. The second-order valence-electron chi connectivity index (χ2n) is 5.09. The molecule has 0 aliphatic rings. The van der Waals surface area contributed by atoms with Crippen molar-refractivity contribution in [2.24, 2.45) is 0 Å². The van der Waals surface area contributed by atoms with Gasteiger partial charge in [-0.1, -0.05) is 13.3 Å². The number of nitrogen functional groups attached to an aromatic ring is 1. The number of nitrogens with zero attached hydrogens (tertiary/aromatic N) is 4. The number of nitrogens with two attached hydrogens (primary N) is 1. The minimum absolute atomic E-state index is 0.432. The van der Waals surface area contributed by atoms with Gasteiger partial charge in [0.2, 0.25) is 0 Å². The van der Waals surface area contributed by atoms with Gasteiger partial charge in [0.15, 0.2) is 5.82 Å². The van der Waals surface area contributed by atoms with Crippen LogP contribution in [0.4, 0.5) is 5.82 Å². The van der Waals surface area contributed by atoms with Crippen molar-refractivity contribution in [1.29, 1.82) is 0 Å². The summed E-state index contributed by atoms with van der Waals surface area (Å²) in [5.41, 5.74) is 9.34. The molecule has 3 aromatic heterocycles. The van der Waals surface area contributed by atoms with Crippen molar-refractivity contribution in [1.82, 2.24) is 19.5 Å². The van der Waals surface area contributed by atoms with Crippen LogP contribution in [-0.2, 0) is 17.9 Å². The Kier molecular flexibility index (Phi) is 4.20. The highest BCUT2D eigenvalue weighted by Crippen LogP contribution is 2.28. The van der Waals surface area contributed by atoms with E-state index in [0.29, 0.717) is 24.5 Å². The number of hydrogen-bond acceptors (Lipinski definition) is 5. The monoisotopic (exact) mass is 298 g/mol. The zero-order valence-corrected chi connectivity index (χ0v) is 12.7. The number of hydrogen-bond donors (Lipinski definition) is 1. The average molecular weight is 298 g/mol. The highest BCUT2D eigenvalue weighted by atomic mass is 16.5. The first kappa shape index (κ1) is 14.7. The number of aromatic nitrogens is 4. The summed E-state index contributed by atoms with van der Waals surface area (Å²) in [6.45, 7) is 7.80. The van der Waals surface area contributed by atoms with E-state index < -0.39 is 0 Å². The van der Waals surface area contributed by atoms with Crippen LogP contribution in [0.1, 0.15) is 25.6 Å². The second-order valence-corrected chi connectivity index (χ2v) is 5.09. The number of aryl methyl sites for hydroxylation is 1. The SMILES string of the molecule is [CH2]CCCn1c(COCC)nc2c(N)nc3cccnc3c21. The van der Waals surface area contributed by atoms with E-state index in [1.807, 2.05) is 19.1 Å². The Morgan fingerprint density at radius 2 is 2.18 bits per heavy atom. The van der Waals surface area contributed by atoms with Crippen LogP contribution in [0, 0.1) is 6.92 Å². The zero-order chi connectivity index (χ0) is 15.5. The van der Waals surface area contributed by atoms with E-state index in [0.717, 1.165) is 41.8 Å². The van der Waals surface area contributed by atoms with Gasteiger partial charge < -0.3 is 15.0 Å². The van der Waals surface area contributed by atoms with Crippen molar-refractivity contribution in [3.05, 3.63) is 31.1 Å². The van der Waals surface area contributed by atoms with Crippen molar-refractivity contribution >= 4 is 27.9 Å². The largest absolute Gasteiger partial charge is 0.382 e. The molecule has 0 unspecified atom stereocenters. The molecule has 2 N–H and O–H groups in total. The van der Waals surface area contributed by atoms with Crippen LogP contribution in [0.2, 0.25) is 0 Å². The summed E-state index contributed by atoms with van der Waals surface area (Å²) in [7, 11) is 0. The number of ether oxygens (including phenoxy) is 1. The minimum atomic E-state index is 0.432. The molecule has 0 saturated carbocycles. The molecule has 22 heavy (non-hydrogen) atoms. The third-order valence-corrected chi connectivity index (χ3v) is 3.61. The summed E-state index contributed by atoms with van der Waals surface area (Å²) in [6, 6.07) is 3.78. The van der Waals surface area contributed by atoms with E-state index in [-0.39, 0.29) is 0 Å². The van der Waals surface area contributed by atoms with Gasteiger partial charge in [0.1, 0.15) is 29.0 Å². The van der Waals surface area contributed by atoms with Gasteiger partial charge in [-0.15, -0.1) is 0 Å². The third kappa shape index (κ3) is 2.50. The molecule has 0 amide bonds. The first-order valence-corrected chi connectivity index (χ1v) is 7.52. The van der Waals surface area contributed by atoms with Gasteiger partial charge in [-0.2, -0.15) is 0 Å². The molecular weight excluding hydrogens is 278 g/mol. The number of unbranched alkanes of at least 4 members (excludes halogenated alkanes) is 1. The van der Waals surface area contributed by atoms with Crippen LogP contribution in [-0.4, -0.2) is 26.1 Å². The second kappa shape index (κ2) is 6.27. The Labute approximate surface area is 129 Å². The molecule has 0 aliphatic heterocycles. The number of pyridine rings is 2. The molecule has 0 saturated heterocycles. The maximum Gasteiger partial charge on any atom is 0.152 e. The number of fused-ring (bicyclic) bond motifs is 3. The fourth-order valence-electron chi connectivity index (χ4n) is 2.58. The Morgan fingerprint density at radius 3 is 2.95 bits per heavy atom. The third-order valence-electron chi connectivity index (χ3n) is 3.61. The standard InChI is InChI=1S/C16H20N5O/c1-3-5-9-21-12(10-22-4-2)20-14-15(21)13-11(19-16(14)17)7-6-8-18-13/h6-8H,1,3-5,9-10H2,2H3,(H2,17,19). The average Bonchev–Trinajstić information content (AvgIpc) is 2.90. The van der Waals surface area contributed by atoms with Crippen molar-refractivity contribution in [2.45, 2.75) is 32.9 Å². The molecule has 115 valence electrons. The summed E-state index contributed by atoms with van der Waals surface area (Å²) in [6.07, 6.45) is 3.58. The van der Waals surface area contributed by atoms with Crippen molar-refractivity contribution in [2.75, 3.05) is 12.3 Å². The molecule has 0 fully saturated rings. The Balaban J connectivity index is 2.27. The lowest BCUT2D eigenvalue weighted by Gasteiger charge is -2.09. The molecule has 1 radical (unpaired) electrons. The van der Waals surface area contributed by atoms with Crippen molar-refractivity contribution < 1.29 is 4.74 Å². The topological polar surface area (TPSA) is 78.9 Å². The van der Waals surface area contributed by atoms with Crippen LogP contribution in [0.5, 0.6) is 0 Å². The molecule has 0 atom stereocenters. The summed E-state index contributed by atoms with van der Waals surface area (Å²) in [5, 5.41) is 0. The summed E-state index contributed by atoms with van der Waals surface area (Å²) < 4.78 is 7.68. The Bertz CT molecular complexity index is 796. The lowest BCUT2D eigenvalue weighted by Crippen LogP contribution is -2.06. The van der Waals surface area contributed by atoms with Crippen LogP contribution in [0.3, 0.4) is 0 Å². The molecule has 3 rings (SSSR count).